The molecule has 1 aliphatic heterocycles. The number of hydrogen-bond acceptors (Lipinski definition) is 2. The molecule has 0 spiro atoms. The summed E-state index contributed by atoms with van der Waals surface area (Å²) in [5, 5.41) is 3.72. The van der Waals surface area contributed by atoms with Gasteiger partial charge in [0.2, 0.25) is 0 Å². The third kappa shape index (κ3) is 4.07. The lowest BCUT2D eigenvalue weighted by molar-refractivity contribution is 0.115. The number of rotatable bonds is 5. The van der Waals surface area contributed by atoms with Gasteiger partial charge in [-0.3, -0.25) is 4.90 Å². The minimum atomic E-state index is 0.675. The van der Waals surface area contributed by atoms with E-state index in [9.17, 15) is 0 Å². The molecule has 20 heavy (non-hydrogen) atoms. The smallest absolute Gasteiger partial charge is 0.0238 e. The summed E-state index contributed by atoms with van der Waals surface area (Å²) in [5.74, 6) is 0. The molecular formula is C18H30N2. The van der Waals surface area contributed by atoms with Gasteiger partial charge >= 0.3 is 0 Å². The predicted molar refractivity (Wildman–Crippen MR) is 87.1 cm³/mol. The number of aryl methyl sites for hydroxylation is 2. The molecule has 0 saturated carbocycles. The average Bonchev–Trinajstić information content (AvgIpc) is 2.38. The molecule has 0 aliphatic carbocycles. The average molecular weight is 274 g/mol. The van der Waals surface area contributed by atoms with Crippen LogP contribution in [0.15, 0.2) is 18.2 Å². The Labute approximate surface area is 124 Å². The van der Waals surface area contributed by atoms with Gasteiger partial charge in [0.15, 0.2) is 0 Å². The quantitative estimate of drug-likeness (QED) is 0.881. The van der Waals surface area contributed by atoms with Crippen molar-refractivity contribution in [2.45, 2.75) is 65.6 Å². The molecule has 2 rings (SSSR count). The van der Waals surface area contributed by atoms with Gasteiger partial charge in [-0.1, -0.05) is 49.6 Å². The second-order valence-corrected chi connectivity index (χ2v) is 6.38. The first kappa shape index (κ1) is 15.5. The molecule has 0 amide bonds. The van der Waals surface area contributed by atoms with Crippen molar-refractivity contribution in [3.8, 4) is 0 Å². The highest BCUT2D eigenvalue weighted by Crippen LogP contribution is 2.18. The van der Waals surface area contributed by atoms with E-state index in [1.54, 1.807) is 0 Å². The molecule has 0 bridgehead atoms. The Balaban J connectivity index is 2.06. The first-order chi connectivity index (χ1) is 9.62. The molecule has 1 fully saturated rings. The van der Waals surface area contributed by atoms with Crippen LogP contribution in [0.1, 0.15) is 49.8 Å². The number of nitrogens with one attached hydrogen (secondary N) is 1. The Morgan fingerprint density at radius 2 is 1.85 bits per heavy atom. The Kier molecular flexibility index (Phi) is 5.62. The molecule has 1 N–H and O–H groups in total. The maximum atomic E-state index is 3.72. The fraction of sp³-hybridized carbons (Fsp3) is 0.667. The number of piperazine rings is 1. The molecule has 0 aromatic heterocycles. The highest BCUT2D eigenvalue weighted by molar-refractivity contribution is 5.28. The van der Waals surface area contributed by atoms with Gasteiger partial charge < -0.3 is 5.32 Å². The summed E-state index contributed by atoms with van der Waals surface area (Å²) >= 11 is 0. The van der Waals surface area contributed by atoms with Crippen molar-refractivity contribution in [1.29, 1.82) is 0 Å². The van der Waals surface area contributed by atoms with Crippen LogP contribution in [0.25, 0.3) is 0 Å². The zero-order chi connectivity index (χ0) is 14.5. The molecule has 0 radical (unpaired) electrons. The van der Waals surface area contributed by atoms with Crippen molar-refractivity contribution in [3.63, 3.8) is 0 Å². The topological polar surface area (TPSA) is 15.3 Å². The van der Waals surface area contributed by atoms with Crippen LogP contribution in [-0.2, 0) is 6.54 Å². The molecule has 2 nitrogen and oxygen atoms in total. The van der Waals surface area contributed by atoms with Gasteiger partial charge in [0.05, 0.1) is 0 Å². The summed E-state index contributed by atoms with van der Waals surface area (Å²) < 4.78 is 0. The zero-order valence-corrected chi connectivity index (χ0v) is 13.6. The molecule has 1 aromatic rings. The monoisotopic (exact) mass is 274 g/mol. The standard InChI is InChI=1S/C18H30N2/c1-5-7-17-13-20(18(6-2)11-19-17)12-16-9-14(3)8-15(4)10-16/h8-10,17-19H,5-7,11-13H2,1-4H3. The summed E-state index contributed by atoms with van der Waals surface area (Å²) in [4.78, 5) is 2.69. The molecule has 1 saturated heterocycles. The van der Waals surface area contributed by atoms with Crippen molar-refractivity contribution in [1.82, 2.24) is 10.2 Å². The Hall–Kier alpha value is -0.860. The van der Waals surface area contributed by atoms with Crippen LogP contribution in [0.4, 0.5) is 0 Å². The molecule has 1 aliphatic rings. The lowest BCUT2D eigenvalue weighted by atomic mass is 10.0. The second-order valence-electron chi connectivity index (χ2n) is 6.38. The lowest BCUT2D eigenvalue weighted by Gasteiger charge is -2.40. The minimum Gasteiger partial charge on any atom is -0.311 e. The minimum absolute atomic E-state index is 0.675. The van der Waals surface area contributed by atoms with E-state index in [1.807, 2.05) is 0 Å². The van der Waals surface area contributed by atoms with Crippen molar-refractivity contribution >= 4 is 0 Å². The molecule has 112 valence electrons. The summed E-state index contributed by atoms with van der Waals surface area (Å²) in [6.45, 7) is 12.4. The van der Waals surface area contributed by atoms with E-state index < -0.39 is 0 Å². The first-order valence-electron chi connectivity index (χ1n) is 8.17. The van der Waals surface area contributed by atoms with Gasteiger partial charge in [-0.2, -0.15) is 0 Å². The lowest BCUT2D eigenvalue weighted by Crippen LogP contribution is -2.55. The zero-order valence-electron chi connectivity index (χ0n) is 13.6. The maximum absolute atomic E-state index is 3.72. The Bertz CT molecular complexity index is 407. The van der Waals surface area contributed by atoms with E-state index >= 15 is 0 Å². The molecule has 2 heteroatoms. The van der Waals surface area contributed by atoms with Gasteiger partial charge in [0.25, 0.3) is 0 Å². The third-order valence-electron chi connectivity index (χ3n) is 4.39. The Morgan fingerprint density at radius 3 is 2.45 bits per heavy atom. The highest BCUT2D eigenvalue weighted by atomic mass is 15.2. The fourth-order valence-corrected chi connectivity index (χ4v) is 3.46. The summed E-state index contributed by atoms with van der Waals surface area (Å²) in [7, 11) is 0. The van der Waals surface area contributed by atoms with Gasteiger partial charge in [-0.15, -0.1) is 0 Å². The maximum Gasteiger partial charge on any atom is 0.0238 e. The van der Waals surface area contributed by atoms with Gasteiger partial charge in [0, 0.05) is 31.7 Å². The number of benzene rings is 1. The SMILES string of the molecule is CCCC1CN(Cc2cc(C)cc(C)c2)C(CC)CN1. The van der Waals surface area contributed by atoms with E-state index in [4.69, 9.17) is 0 Å². The van der Waals surface area contributed by atoms with E-state index in [-0.39, 0.29) is 0 Å². The van der Waals surface area contributed by atoms with Crippen LogP contribution in [0.5, 0.6) is 0 Å². The first-order valence-corrected chi connectivity index (χ1v) is 8.17. The van der Waals surface area contributed by atoms with Gasteiger partial charge in [-0.05, 0) is 32.3 Å². The van der Waals surface area contributed by atoms with Crippen LogP contribution in [-0.4, -0.2) is 30.1 Å². The largest absolute Gasteiger partial charge is 0.311 e. The van der Waals surface area contributed by atoms with Crippen LogP contribution in [0, 0.1) is 13.8 Å². The molecule has 1 aromatic carbocycles. The summed E-state index contributed by atoms with van der Waals surface area (Å²) in [5.41, 5.74) is 4.24. The molecule has 2 unspecified atom stereocenters. The molecule has 2 atom stereocenters. The van der Waals surface area contributed by atoms with Crippen molar-refractivity contribution in [2.24, 2.45) is 0 Å². The highest BCUT2D eigenvalue weighted by Gasteiger charge is 2.26. The number of nitrogens with zero attached hydrogens (tertiary/aromatic N) is 1. The van der Waals surface area contributed by atoms with Crippen LogP contribution < -0.4 is 5.32 Å². The Morgan fingerprint density at radius 1 is 1.15 bits per heavy atom. The van der Waals surface area contributed by atoms with E-state index in [0.717, 1.165) is 13.1 Å². The van der Waals surface area contributed by atoms with E-state index in [0.29, 0.717) is 12.1 Å². The third-order valence-corrected chi connectivity index (χ3v) is 4.39. The summed E-state index contributed by atoms with van der Waals surface area (Å²) in [6, 6.07) is 8.31. The van der Waals surface area contributed by atoms with Crippen molar-refractivity contribution in [2.75, 3.05) is 13.1 Å². The molecular weight excluding hydrogens is 244 g/mol. The van der Waals surface area contributed by atoms with Crippen LogP contribution in [0.3, 0.4) is 0 Å². The normalized spacial score (nSPS) is 24.0. The predicted octanol–water partition coefficient (Wildman–Crippen LogP) is 3.66. The van der Waals surface area contributed by atoms with Gasteiger partial charge in [-0.25, -0.2) is 0 Å². The second kappa shape index (κ2) is 7.24. The summed E-state index contributed by atoms with van der Waals surface area (Å²) in [6.07, 6.45) is 3.79. The molecule has 1 heterocycles. The van der Waals surface area contributed by atoms with Crippen LogP contribution >= 0.6 is 0 Å². The number of hydrogen-bond donors (Lipinski definition) is 1. The van der Waals surface area contributed by atoms with Crippen molar-refractivity contribution in [3.05, 3.63) is 34.9 Å². The fourth-order valence-electron chi connectivity index (χ4n) is 3.46. The van der Waals surface area contributed by atoms with Crippen molar-refractivity contribution < 1.29 is 0 Å². The van der Waals surface area contributed by atoms with E-state index in [1.165, 1.54) is 42.5 Å². The van der Waals surface area contributed by atoms with Crippen LogP contribution in [0.2, 0.25) is 0 Å². The van der Waals surface area contributed by atoms with E-state index in [2.05, 4.69) is 56.1 Å². The van der Waals surface area contributed by atoms with Gasteiger partial charge in [0.1, 0.15) is 0 Å².